The van der Waals surface area contributed by atoms with Crippen molar-refractivity contribution in [2.75, 3.05) is 13.1 Å². The molecule has 3 aromatic rings. The highest BCUT2D eigenvalue weighted by molar-refractivity contribution is 5.90. The molecule has 1 saturated heterocycles. The first-order valence-corrected chi connectivity index (χ1v) is 10.8. The van der Waals surface area contributed by atoms with Crippen LogP contribution in [0.5, 0.6) is 5.75 Å². The Kier molecular flexibility index (Phi) is 7.61. The second kappa shape index (κ2) is 11.0. The lowest BCUT2D eigenvalue weighted by Gasteiger charge is -2.30. The number of piperidine rings is 1. The number of rotatable bonds is 8. The van der Waals surface area contributed by atoms with Gasteiger partial charge in [0.2, 0.25) is 0 Å². The first kappa shape index (κ1) is 23.5. The number of aromatic nitrogens is 2. The van der Waals surface area contributed by atoms with E-state index in [0.29, 0.717) is 29.6 Å². The molecule has 1 fully saturated rings. The number of likely N-dealkylation sites (tertiary alicyclic amines) is 1. The zero-order valence-corrected chi connectivity index (χ0v) is 18.3. The topological polar surface area (TPSA) is 101 Å². The fraction of sp³-hybridized carbons (Fsp3) is 0.292. The van der Waals surface area contributed by atoms with Crippen molar-refractivity contribution in [3.05, 3.63) is 83.0 Å². The second-order valence-corrected chi connectivity index (χ2v) is 8.00. The molecule has 0 atom stereocenters. The van der Waals surface area contributed by atoms with Crippen molar-refractivity contribution in [2.24, 2.45) is 0 Å². The van der Waals surface area contributed by atoms with E-state index in [1.54, 1.807) is 30.3 Å². The van der Waals surface area contributed by atoms with Gasteiger partial charge in [-0.05, 0) is 67.9 Å². The maximum Gasteiger partial charge on any atom is 0.267 e. The van der Waals surface area contributed by atoms with Crippen LogP contribution in [0.1, 0.15) is 41.6 Å². The highest BCUT2D eigenvalue weighted by Crippen LogP contribution is 2.27. The van der Waals surface area contributed by atoms with Crippen LogP contribution in [-0.2, 0) is 17.9 Å². The summed E-state index contributed by atoms with van der Waals surface area (Å²) in [7, 11) is 0. The highest BCUT2D eigenvalue weighted by Gasteiger charge is 2.25. The summed E-state index contributed by atoms with van der Waals surface area (Å²) in [6, 6.07) is 10.5. The highest BCUT2D eigenvalue weighted by atomic mass is 19.1. The summed E-state index contributed by atoms with van der Waals surface area (Å²) in [6.07, 6.45) is 4.35. The van der Waals surface area contributed by atoms with Gasteiger partial charge in [-0.15, -0.1) is 0 Å². The van der Waals surface area contributed by atoms with Gasteiger partial charge in [0, 0.05) is 24.1 Å². The van der Waals surface area contributed by atoms with Crippen molar-refractivity contribution >= 4 is 12.0 Å². The van der Waals surface area contributed by atoms with Crippen molar-refractivity contribution in [3.63, 3.8) is 0 Å². The van der Waals surface area contributed by atoms with E-state index in [2.05, 4.69) is 15.0 Å². The molecule has 2 N–H and O–H groups in total. The normalized spacial score (nSPS) is 15.0. The molecule has 2 aromatic carbocycles. The molecule has 0 radical (unpaired) electrons. The Balaban J connectivity index is 1.25. The lowest BCUT2D eigenvalue weighted by Crippen LogP contribution is -2.33. The van der Waals surface area contributed by atoms with Gasteiger partial charge in [0.15, 0.2) is 12.4 Å². The van der Waals surface area contributed by atoms with Crippen LogP contribution in [0.2, 0.25) is 0 Å². The largest absolute Gasteiger partial charge is 0.484 e. The first-order valence-electron chi connectivity index (χ1n) is 10.8. The van der Waals surface area contributed by atoms with Gasteiger partial charge >= 0.3 is 0 Å². The molecule has 1 aliphatic heterocycles. The number of amides is 1. The molecule has 10 heteroatoms. The van der Waals surface area contributed by atoms with Gasteiger partial charge in [0.05, 0.1) is 0 Å². The number of benzene rings is 2. The number of ether oxygens (including phenoxy) is 1. The number of hydrogen-bond acceptors (Lipinski definition) is 7. The van der Waals surface area contributed by atoms with Crippen molar-refractivity contribution in [1.29, 1.82) is 0 Å². The van der Waals surface area contributed by atoms with Crippen LogP contribution in [0.3, 0.4) is 0 Å². The Morgan fingerprint density at radius 1 is 1.21 bits per heavy atom. The van der Waals surface area contributed by atoms with Crippen LogP contribution in [-0.4, -0.2) is 39.2 Å². The van der Waals surface area contributed by atoms with Crippen molar-refractivity contribution in [3.8, 4) is 5.75 Å². The van der Waals surface area contributed by atoms with Gasteiger partial charge in [0.25, 0.3) is 11.8 Å². The average Bonchev–Trinajstić information content (AvgIpc) is 3.33. The second-order valence-electron chi connectivity index (χ2n) is 8.00. The van der Waals surface area contributed by atoms with Gasteiger partial charge in [-0.2, -0.15) is 4.98 Å². The van der Waals surface area contributed by atoms with E-state index >= 15 is 0 Å². The quantitative estimate of drug-likeness (QED) is 0.293. The van der Waals surface area contributed by atoms with Gasteiger partial charge in [-0.3, -0.25) is 14.9 Å². The van der Waals surface area contributed by atoms with E-state index in [4.69, 9.17) is 14.5 Å². The summed E-state index contributed by atoms with van der Waals surface area (Å²) in [6.45, 7) is 1.93. The summed E-state index contributed by atoms with van der Waals surface area (Å²) in [5, 5.41) is 12.6. The van der Waals surface area contributed by atoms with Crippen molar-refractivity contribution in [2.45, 2.75) is 31.9 Å². The van der Waals surface area contributed by atoms with Gasteiger partial charge < -0.3 is 9.26 Å². The van der Waals surface area contributed by atoms with Crippen LogP contribution in [0, 0.1) is 11.6 Å². The third kappa shape index (κ3) is 6.24. The van der Waals surface area contributed by atoms with Crippen LogP contribution < -0.4 is 10.2 Å². The SMILES string of the molecule is O=C(/C=C/c1ccc(OCc2nc(C3CCN(Cc4cc(F)ccc4F)CC3)no2)cc1)NO. The monoisotopic (exact) mass is 470 g/mol. The van der Waals surface area contributed by atoms with E-state index in [1.807, 2.05) is 0 Å². The van der Waals surface area contributed by atoms with E-state index < -0.39 is 17.5 Å². The van der Waals surface area contributed by atoms with Crippen LogP contribution >= 0.6 is 0 Å². The van der Waals surface area contributed by atoms with Gasteiger partial charge in [-0.1, -0.05) is 17.3 Å². The molecule has 8 nitrogen and oxygen atoms in total. The maximum atomic E-state index is 13.9. The van der Waals surface area contributed by atoms with Crippen LogP contribution in [0.25, 0.3) is 6.08 Å². The van der Waals surface area contributed by atoms with E-state index in [1.165, 1.54) is 17.6 Å². The number of carbonyl (C=O) groups is 1. The molecule has 178 valence electrons. The fourth-order valence-electron chi connectivity index (χ4n) is 3.78. The summed E-state index contributed by atoms with van der Waals surface area (Å²) in [5.41, 5.74) is 2.65. The molecular formula is C24H24F2N4O4. The van der Waals surface area contributed by atoms with E-state index in [-0.39, 0.29) is 12.5 Å². The smallest absolute Gasteiger partial charge is 0.267 e. The number of hydrogen-bond donors (Lipinski definition) is 2. The minimum Gasteiger partial charge on any atom is -0.484 e. The molecule has 2 heterocycles. The molecule has 1 amide bonds. The lowest BCUT2D eigenvalue weighted by molar-refractivity contribution is -0.124. The number of hydroxylamine groups is 1. The molecule has 1 aliphatic rings. The lowest BCUT2D eigenvalue weighted by atomic mass is 9.96. The molecule has 0 bridgehead atoms. The molecule has 1 aromatic heterocycles. The van der Waals surface area contributed by atoms with Gasteiger partial charge in [-0.25, -0.2) is 14.3 Å². The summed E-state index contributed by atoms with van der Waals surface area (Å²) < 4.78 is 38.3. The summed E-state index contributed by atoms with van der Waals surface area (Å²) >= 11 is 0. The zero-order valence-electron chi connectivity index (χ0n) is 18.3. The minimum absolute atomic E-state index is 0.118. The molecule has 0 saturated carbocycles. The Labute approximate surface area is 194 Å². The minimum atomic E-state index is -0.612. The Hall–Kier alpha value is -3.63. The predicted molar refractivity (Wildman–Crippen MR) is 118 cm³/mol. The fourth-order valence-corrected chi connectivity index (χ4v) is 3.78. The van der Waals surface area contributed by atoms with Crippen molar-refractivity contribution < 1.29 is 28.0 Å². The maximum absolute atomic E-state index is 13.9. The number of nitrogens with zero attached hydrogens (tertiary/aromatic N) is 3. The molecule has 4 rings (SSSR count). The summed E-state index contributed by atoms with van der Waals surface area (Å²) in [5.74, 6) is 0.272. The van der Waals surface area contributed by atoms with Crippen LogP contribution in [0.4, 0.5) is 8.78 Å². The first-order chi connectivity index (χ1) is 16.5. The molecule has 0 aliphatic carbocycles. The van der Waals surface area contributed by atoms with E-state index in [0.717, 1.165) is 43.6 Å². The summed E-state index contributed by atoms with van der Waals surface area (Å²) in [4.78, 5) is 17.6. The van der Waals surface area contributed by atoms with Crippen molar-refractivity contribution in [1.82, 2.24) is 20.5 Å². The number of halogens is 2. The zero-order chi connectivity index (χ0) is 23.9. The number of carbonyl (C=O) groups excluding carboxylic acids is 1. The van der Waals surface area contributed by atoms with E-state index in [9.17, 15) is 13.6 Å². The molecule has 34 heavy (non-hydrogen) atoms. The van der Waals surface area contributed by atoms with Gasteiger partial charge in [0.1, 0.15) is 17.4 Å². The Morgan fingerprint density at radius 2 is 1.97 bits per heavy atom. The average molecular weight is 470 g/mol. The van der Waals surface area contributed by atoms with Crippen LogP contribution in [0.15, 0.2) is 53.1 Å². The standard InChI is InChI=1S/C24H24F2N4O4/c25-19-4-7-21(26)18(13-19)14-30-11-9-17(10-12-30)24-27-23(34-29-24)15-33-20-5-1-16(2-6-20)3-8-22(31)28-32/h1-8,13,17,32H,9-12,14-15H2,(H,28,31)/b8-3+. The Bertz CT molecular complexity index is 1140. The molecule has 0 spiro atoms. The third-order valence-electron chi connectivity index (χ3n) is 5.62. The number of nitrogens with one attached hydrogen (secondary N) is 1. The third-order valence-corrected chi connectivity index (χ3v) is 5.62. The molecular weight excluding hydrogens is 446 g/mol. The predicted octanol–water partition coefficient (Wildman–Crippen LogP) is 3.83. The molecule has 0 unspecified atom stereocenters. The Morgan fingerprint density at radius 3 is 2.71 bits per heavy atom.